The molecule has 0 N–H and O–H groups in total. The van der Waals surface area contributed by atoms with Gasteiger partial charge in [0.25, 0.3) is 0 Å². The number of carbonyl (C=O) groups excluding carboxylic acids is 1. The number of fused-ring (bicyclic) bond motifs is 4. The molecule has 6 rings (SSSR count). The molecule has 4 aromatic rings. The summed E-state index contributed by atoms with van der Waals surface area (Å²) in [7, 11) is 0. The second-order valence-electron chi connectivity index (χ2n) is 9.70. The van der Waals surface area contributed by atoms with Crippen molar-refractivity contribution < 1.29 is 4.79 Å². The lowest BCUT2D eigenvalue weighted by atomic mass is 10.1. The van der Waals surface area contributed by atoms with Crippen molar-refractivity contribution in [2.24, 2.45) is 0 Å². The van der Waals surface area contributed by atoms with Crippen LogP contribution in [0.1, 0.15) is 73.2 Å². The van der Waals surface area contributed by atoms with Crippen LogP contribution >= 0.6 is 0 Å². The summed E-state index contributed by atoms with van der Waals surface area (Å²) >= 11 is 0. The smallest absolute Gasteiger partial charge is 0.223 e. The standard InChI is InChI=1S/C26H31N7O/c1-17-19(18(2)33-25(27-17)20-9-5-6-10-21(20)30-33)13-14-24(34)31-16-8-11-22(31)26-29-28-23-12-4-3-7-15-32(23)26/h5-6,9-10,22H,3-4,7-8,11-16H2,1-2H3. The predicted octanol–water partition coefficient (Wildman–Crippen LogP) is 4.11. The summed E-state index contributed by atoms with van der Waals surface area (Å²) in [4.78, 5) is 20.3. The Labute approximate surface area is 199 Å². The van der Waals surface area contributed by atoms with E-state index in [-0.39, 0.29) is 11.9 Å². The van der Waals surface area contributed by atoms with Crippen molar-refractivity contribution in [3.05, 3.63) is 52.9 Å². The Morgan fingerprint density at radius 2 is 1.94 bits per heavy atom. The van der Waals surface area contributed by atoms with Gasteiger partial charge in [-0.25, -0.2) is 9.50 Å². The molecule has 0 bridgehead atoms. The molecule has 0 saturated carbocycles. The second-order valence-corrected chi connectivity index (χ2v) is 9.70. The van der Waals surface area contributed by atoms with Crippen molar-refractivity contribution in [1.82, 2.24) is 34.3 Å². The molecule has 2 aliphatic rings. The fraction of sp³-hybridized carbons (Fsp3) is 0.500. The number of likely N-dealkylation sites (tertiary alicyclic amines) is 1. The first-order valence-corrected chi connectivity index (χ1v) is 12.6. The van der Waals surface area contributed by atoms with Gasteiger partial charge in [-0.15, -0.1) is 10.2 Å². The molecule has 0 spiro atoms. The van der Waals surface area contributed by atoms with E-state index in [0.29, 0.717) is 12.8 Å². The van der Waals surface area contributed by atoms with Gasteiger partial charge in [-0.2, -0.15) is 5.10 Å². The Morgan fingerprint density at radius 3 is 2.85 bits per heavy atom. The number of rotatable bonds is 4. The summed E-state index contributed by atoms with van der Waals surface area (Å²) in [5, 5.41) is 14.8. The lowest BCUT2D eigenvalue weighted by Crippen LogP contribution is -2.32. The van der Waals surface area contributed by atoms with Gasteiger partial charge in [0.05, 0.1) is 11.6 Å². The second kappa shape index (κ2) is 8.49. The van der Waals surface area contributed by atoms with E-state index in [4.69, 9.17) is 10.1 Å². The van der Waals surface area contributed by atoms with E-state index in [2.05, 4.69) is 27.8 Å². The molecule has 2 aliphatic heterocycles. The SMILES string of the molecule is Cc1nc2c3ccccc3nn2c(C)c1CCC(=O)N1CCCC1c1nnc2n1CCCCC2. The summed E-state index contributed by atoms with van der Waals surface area (Å²) in [5.41, 5.74) is 4.98. The molecule has 3 aromatic heterocycles. The van der Waals surface area contributed by atoms with Gasteiger partial charge in [0.1, 0.15) is 5.82 Å². The van der Waals surface area contributed by atoms with Crippen LogP contribution in [0.3, 0.4) is 0 Å². The lowest BCUT2D eigenvalue weighted by Gasteiger charge is -2.25. The van der Waals surface area contributed by atoms with Crippen LogP contribution < -0.4 is 0 Å². The van der Waals surface area contributed by atoms with Crippen molar-refractivity contribution in [3.63, 3.8) is 0 Å². The summed E-state index contributed by atoms with van der Waals surface area (Å²) in [6.07, 6.45) is 7.68. The number of carbonyl (C=O) groups is 1. The fourth-order valence-corrected chi connectivity index (χ4v) is 5.80. The van der Waals surface area contributed by atoms with Crippen LogP contribution in [0.4, 0.5) is 0 Å². The summed E-state index contributed by atoms with van der Waals surface area (Å²) in [6.45, 7) is 5.89. The Bertz CT molecular complexity index is 1390. The van der Waals surface area contributed by atoms with E-state index in [1.807, 2.05) is 34.5 Å². The normalized spacial score (nSPS) is 18.5. The molecule has 8 nitrogen and oxygen atoms in total. The molecule has 1 unspecified atom stereocenters. The van der Waals surface area contributed by atoms with Gasteiger partial charge in [0.15, 0.2) is 11.5 Å². The maximum absolute atomic E-state index is 13.4. The predicted molar refractivity (Wildman–Crippen MR) is 130 cm³/mol. The number of hydrogen-bond acceptors (Lipinski definition) is 5. The van der Waals surface area contributed by atoms with Gasteiger partial charge in [-0.3, -0.25) is 4.79 Å². The highest BCUT2D eigenvalue weighted by Gasteiger charge is 2.34. The Balaban J connectivity index is 1.24. The molecule has 8 heteroatoms. The molecular weight excluding hydrogens is 426 g/mol. The third kappa shape index (κ3) is 3.47. The molecule has 1 fully saturated rings. The highest BCUT2D eigenvalue weighted by molar-refractivity contribution is 5.92. The molecule has 1 saturated heterocycles. The quantitative estimate of drug-likeness (QED) is 0.461. The average Bonchev–Trinajstić information content (AvgIpc) is 3.52. The van der Waals surface area contributed by atoms with Gasteiger partial charge < -0.3 is 9.47 Å². The van der Waals surface area contributed by atoms with Gasteiger partial charge in [0, 0.05) is 42.7 Å². The Morgan fingerprint density at radius 1 is 1.06 bits per heavy atom. The number of benzene rings is 1. The minimum absolute atomic E-state index is 0.0473. The zero-order valence-electron chi connectivity index (χ0n) is 20.0. The topological polar surface area (TPSA) is 81.2 Å². The molecule has 5 heterocycles. The maximum atomic E-state index is 13.4. The molecule has 1 aromatic carbocycles. The van der Waals surface area contributed by atoms with Crippen molar-refractivity contribution in [2.75, 3.05) is 6.54 Å². The number of hydrogen-bond donors (Lipinski definition) is 0. The van der Waals surface area contributed by atoms with Crippen LogP contribution in [-0.2, 0) is 24.2 Å². The van der Waals surface area contributed by atoms with Crippen LogP contribution in [0.2, 0.25) is 0 Å². The Kier molecular flexibility index (Phi) is 5.31. The molecule has 1 atom stereocenters. The molecular formula is C26H31N7O. The van der Waals surface area contributed by atoms with Crippen LogP contribution in [-0.4, -0.2) is 46.7 Å². The molecule has 0 radical (unpaired) electrons. The number of nitrogens with zero attached hydrogens (tertiary/aromatic N) is 7. The molecule has 1 amide bonds. The summed E-state index contributed by atoms with van der Waals surface area (Å²) in [5.74, 6) is 2.27. The number of aryl methyl sites for hydroxylation is 3. The van der Waals surface area contributed by atoms with Gasteiger partial charge in [-0.05, 0) is 63.6 Å². The zero-order chi connectivity index (χ0) is 23.2. The summed E-state index contributed by atoms with van der Waals surface area (Å²) in [6, 6.07) is 8.14. The minimum atomic E-state index is 0.0473. The van der Waals surface area contributed by atoms with Crippen molar-refractivity contribution in [2.45, 2.75) is 77.8 Å². The molecule has 34 heavy (non-hydrogen) atoms. The minimum Gasteiger partial charge on any atom is -0.332 e. The van der Waals surface area contributed by atoms with E-state index in [0.717, 1.165) is 83.9 Å². The first kappa shape index (κ1) is 21.3. The third-order valence-corrected chi connectivity index (χ3v) is 7.62. The van der Waals surface area contributed by atoms with E-state index in [9.17, 15) is 4.79 Å². The first-order chi connectivity index (χ1) is 16.6. The third-order valence-electron chi connectivity index (χ3n) is 7.62. The van der Waals surface area contributed by atoms with E-state index in [1.165, 1.54) is 12.8 Å². The fourth-order valence-electron chi connectivity index (χ4n) is 5.80. The monoisotopic (exact) mass is 457 g/mol. The van der Waals surface area contributed by atoms with Crippen molar-refractivity contribution >= 4 is 22.5 Å². The van der Waals surface area contributed by atoms with E-state index in [1.54, 1.807) is 0 Å². The van der Waals surface area contributed by atoms with E-state index >= 15 is 0 Å². The van der Waals surface area contributed by atoms with Crippen LogP contribution in [0, 0.1) is 13.8 Å². The number of amides is 1. The molecule has 176 valence electrons. The largest absolute Gasteiger partial charge is 0.332 e. The van der Waals surface area contributed by atoms with Gasteiger partial charge >= 0.3 is 0 Å². The number of aromatic nitrogens is 6. The van der Waals surface area contributed by atoms with Crippen molar-refractivity contribution in [3.8, 4) is 0 Å². The van der Waals surface area contributed by atoms with Crippen LogP contribution in [0.25, 0.3) is 16.6 Å². The first-order valence-electron chi connectivity index (χ1n) is 12.6. The van der Waals surface area contributed by atoms with Crippen LogP contribution in [0.5, 0.6) is 0 Å². The average molecular weight is 458 g/mol. The van der Waals surface area contributed by atoms with Gasteiger partial charge in [0.2, 0.25) is 5.91 Å². The van der Waals surface area contributed by atoms with E-state index < -0.39 is 0 Å². The highest BCUT2D eigenvalue weighted by atomic mass is 16.2. The maximum Gasteiger partial charge on any atom is 0.223 e. The molecule has 0 aliphatic carbocycles. The van der Waals surface area contributed by atoms with Crippen molar-refractivity contribution in [1.29, 1.82) is 0 Å². The van der Waals surface area contributed by atoms with Crippen LogP contribution in [0.15, 0.2) is 24.3 Å². The Hall–Kier alpha value is -3.29. The summed E-state index contributed by atoms with van der Waals surface area (Å²) < 4.78 is 4.22. The zero-order valence-corrected chi connectivity index (χ0v) is 20.0. The van der Waals surface area contributed by atoms with Gasteiger partial charge in [-0.1, -0.05) is 18.6 Å². The lowest BCUT2D eigenvalue weighted by molar-refractivity contribution is -0.132. The highest BCUT2D eigenvalue weighted by Crippen LogP contribution is 2.33.